The molecule has 1 aromatic carbocycles. The second-order valence-corrected chi connectivity index (χ2v) is 7.31. The first-order valence-corrected chi connectivity index (χ1v) is 9.40. The average molecular weight is 341 g/mol. The highest BCUT2D eigenvalue weighted by Gasteiger charge is 2.39. The van der Waals surface area contributed by atoms with Gasteiger partial charge in [0.05, 0.1) is 13.2 Å². The smallest absolute Gasteiger partial charge is 0.140 e. The van der Waals surface area contributed by atoms with Crippen molar-refractivity contribution in [2.75, 3.05) is 26.3 Å². The predicted octanol–water partition coefficient (Wildman–Crippen LogP) is 3.29. The highest BCUT2D eigenvalue weighted by Crippen LogP contribution is 2.37. The minimum Gasteiger partial charge on any atom is -0.508 e. The summed E-state index contributed by atoms with van der Waals surface area (Å²) in [6.45, 7) is 4.68. The van der Waals surface area contributed by atoms with Crippen molar-refractivity contribution in [2.45, 2.75) is 44.2 Å². The molecule has 5 nitrogen and oxygen atoms in total. The number of aromatic hydroxyl groups is 1. The Morgan fingerprint density at radius 3 is 2.68 bits per heavy atom. The van der Waals surface area contributed by atoms with Gasteiger partial charge in [-0.25, -0.2) is 4.98 Å². The van der Waals surface area contributed by atoms with E-state index in [1.165, 1.54) is 32.1 Å². The number of phenols is 1. The molecule has 2 aliphatic rings. The van der Waals surface area contributed by atoms with E-state index in [-0.39, 0.29) is 11.3 Å². The van der Waals surface area contributed by atoms with Gasteiger partial charge in [-0.2, -0.15) is 0 Å². The van der Waals surface area contributed by atoms with Gasteiger partial charge in [0.2, 0.25) is 0 Å². The molecule has 25 heavy (non-hydrogen) atoms. The van der Waals surface area contributed by atoms with E-state index in [0.717, 1.165) is 44.2 Å². The molecule has 4 rings (SSSR count). The fourth-order valence-corrected chi connectivity index (χ4v) is 4.48. The van der Waals surface area contributed by atoms with Crippen LogP contribution in [0.25, 0.3) is 11.4 Å². The van der Waals surface area contributed by atoms with Gasteiger partial charge in [-0.3, -0.25) is 4.90 Å². The van der Waals surface area contributed by atoms with Gasteiger partial charge >= 0.3 is 0 Å². The Bertz CT molecular complexity index is 700. The number of aromatic nitrogens is 2. The highest BCUT2D eigenvalue weighted by molar-refractivity contribution is 5.57. The summed E-state index contributed by atoms with van der Waals surface area (Å²) < 4.78 is 7.86. The van der Waals surface area contributed by atoms with E-state index < -0.39 is 0 Å². The summed E-state index contributed by atoms with van der Waals surface area (Å²) in [5.74, 6) is 1.22. The van der Waals surface area contributed by atoms with Crippen LogP contribution < -0.4 is 0 Å². The molecule has 1 aromatic heterocycles. The third-order valence-electron chi connectivity index (χ3n) is 5.75. The van der Waals surface area contributed by atoms with Crippen LogP contribution in [0.15, 0.2) is 36.7 Å². The Morgan fingerprint density at radius 2 is 1.92 bits per heavy atom. The van der Waals surface area contributed by atoms with Crippen LogP contribution in [-0.4, -0.2) is 51.4 Å². The van der Waals surface area contributed by atoms with E-state index in [4.69, 9.17) is 4.74 Å². The summed E-state index contributed by atoms with van der Waals surface area (Å²) in [5.41, 5.74) is 1.17. The van der Waals surface area contributed by atoms with Crippen LogP contribution in [0.4, 0.5) is 0 Å². The summed E-state index contributed by atoms with van der Waals surface area (Å²) >= 11 is 0. The third kappa shape index (κ3) is 3.44. The Balaban J connectivity index is 1.64. The number of hydrogen-bond acceptors (Lipinski definition) is 4. The normalized spacial score (nSPS) is 21.3. The van der Waals surface area contributed by atoms with Gasteiger partial charge < -0.3 is 14.4 Å². The maximum atomic E-state index is 9.82. The summed E-state index contributed by atoms with van der Waals surface area (Å²) in [4.78, 5) is 7.23. The maximum absolute atomic E-state index is 9.82. The molecule has 1 saturated carbocycles. The number of ether oxygens (including phenoxy) is 1. The summed E-state index contributed by atoms with van der Waals surface area (Å²) in [5, 5.41) is 9.82. The first-order valence-electron chi connectivity index (χ1n) is 9.40. The van der Waals surface area contributed by atoms with Gasteiger partial charge in [-0.15, -0.1) is 0 Å². The first-order chi connectivity index (χ1) is 12.3. The fraction of sp³-hybridized carbons (Fsp3) is 0.550. The van der Waals surface area contributed by atoms with E-state index in [1.54, 1.807) is 12.1 Å². The topological polar surface area (TPSA) is 50.5 Å². The van der Waals surface area contributed by atoms with Crippen molar-refractivity contribution >= 4 is 0 Å². The molecule has 0 unspecified atom stereocenters. The maximum Gasteiger partial charge on any atom is 0.140 e. The van der Waals surface area contributed by atoms with E-state index >= 15 is 0 Å². The molecule has 5 heteroatoms. The summed E-state index contributed by atoms with van der Waals surface area (Å²) in [6, 6.07) is 7.39. The van der Waals surface area contributed by atoms with Crippen LogP contribution >= 0.6 is 0 Å². The Morgan fingerprint density at radius 1 is 1.12 bits per heavy atom. The van der Waals surface area contributed by atoms with Gasteiger partial charge in [0.25, 0.3) is 0 Å². The quantitative estimate of drug-likeness (QED) is 0.927. The monoisotopic (exact) mass is 341 g/mol. The molecule has 1 aliphatic heterocycles. The van der Waals surface area contributed by atoms with Gasteiger partial charge in [0.15, 0.2) is 0 Å². The number of benzene rings is 1. The van der Waals surface area contributed by atoms with Crippen molar-refractivity contribution < 1.29 is 9.84 Å². The number of phenolic OH excluding ortho intramolecular Hbond substituents is 1. The Hall–Kier alpha value is -1.85. The largest absolute Gasteiger partial charge is 0.508 e. The van der Waals surface area contributed by atoms with Crippen molar-refractivity contribution in [3.8, 4) is 17.1 Å². The van der Waals surface area contributed by atoms with Crippen molar-refractivity contribution in [1.82, 2.24) is 14.5 Å². The SMILES string of the molecule is Oc1cccc(-c2nccn2CC2(N3CCOCC3)CCCCC2)c1. The third-order valence-corrected chi connectivity index (χ3v) is 5.75. The minimum atomic E-state index is 0.203. The number of imidazole rings is 1. The lowest BCUT2D eigenvalue weighted by atomic mass is 9.79. The van der Waals surface area contributed by atoms with Crippen molar-refractivity contribution in [3.63, 3.8) is 0 Å². The molecular weight excluding hydrogens is 314 g/mol. The van der Waals surface area contributed by atoms with Crippen LogP contribution in [0.3, 0.4) is 0 Å². The fourth-order valence-electron chi connectivity index (χ4n) is 4.48. The first kappa shape index (κ1) is 16.6. The zero-order valence-electron chi connectivity index (χ0n) is 14.7. The molecule has 0 atom stereocenters. The molecule has 0 spiro atoms. The number of hydrogen-bond donors (Lipinski definition) is 1. The number of rotatable bonds is 4. The Labute approximate surface area is 149 Å². The van der Waals surface area contributed by atoms with Crippen molar-refractivity contribution in [3.05, 3.63) is 36.7 Å². The van der Waals surface area contributed by atoms with Gasteiger partial charge in [-0.05, 0) is 25.0 Å². The molecule has 0 radical (unpaired) electrons. The van der Waals surface area contributed by atoms with Crippen LogP contribution in [-0.2, 0) is 11.3 Å². The summed E-state index contributed by atoms with van der Waals surface area (Å²) in [6.07, 6.45) is 10.4. The molecule has 2 aromatic rings. The molecule has 1 N–H and O–H groups in total. The zero-order chi connectivity index (χ0) is 17.1. The Kier molecular flexibility index (Phi) is 4.77. The molecule has 2 heterocycles. The van der Waals surface area contributed by atoms with Gasteiger partial charge in [-0.1, -0.05) is 31.4 Å². The number of nitrogens with zero attached hydrogens (tertiary/aromatic N) is 3. The van der Waals surface area contributed by atoms with Crippen molar-refractivity contribution in [2.24, 2.45) is 0 Å². The van der Waals surface area contributed by atoms with Crippen molar-refractivity contribution in [1.29, 1.82) is 0 Å². The van der Waals surface area contributed by atoms with Gasteiger partial charge in [0, 0.05) is 43.1 Å². The molecular formula is C20H27N3O2. The molecule has 0 bridgehead atoms. The van der Waals surface area contributed by atoms with E-state index in [1.807, 2.05) is 18.3 Å². The predicted molar refractivity (Wildman–Crippen MR) is 97.5 cm³/mol. The lowest BCUT2D eigenvalue weighted by Gasteiger charge is -2.48. The second kappa shape index (κ2) is 7.18. The van der Waals surface area contributed by atoms with Gasteiger partial charge in [0.1, 0.15) is 11.6 Å². The molecule has 0 amide bonds. The molecule has 1 saturated heterocycles. The van der Waals surface area contributed by atoms with Crippen LogP contribution in [0.2, 0.25) is 0 Å². The van der Waals surface area contributed by atoms with E-state index in [2.05, 4.69) is 20.6 Å². The summed E-state index contributed by atoms with van der Waals surface area (Å²) in [7, 11) is 0. The molecule has 2 fully saturated rings. The lowest BCUT2D eigenvalue weighted by Crippen LogP contribution is -2.56. The zero-order valence-corrected chi connectivity index (χ0v) is 14.7. The number of morpholine rings is 1. The van der Waals surface area contributed by atoms with E-state index in [9.17, 15) is 5.11 Å². The van der Waals surface area contributed by atoms with Crippen LogP contribution in [0.1, 0.15) is 32.1 Å². The molecule has 1 aliphatic carbocycles. The molecule has 134 valence electrons. The lowest BCUT2D eigenvalue weighted by molar-refractivity contribution is -0.0444. The second-order valence-electron chi connectivity index (χ2n) is 7.31. The standard InChI is InChI=1S/C20H27N3O2/c24-18-6-4-5-17(15-18)19-21-9-10-22(19)16-20(7-2-1-3-8-20)23-11-13-25-14-12-23/h4-6,9-10,15,24H,1-3,7-8,11-14,16H2. The highest BCUT2D eigenvalue weighted by atomic mass is 16.5. The van der Waals surface area contributed by atoms with E-state index in [0.29, 0.717) is 0 Å². The average Bonchev–Trinajstić information content (AvgIpc) is 3.11. The minimum absolute atomic E-state index is 0.203. The van der Waals surface area contributed by atoms with Crippen LogP contribution in [0, 0.1) is 0 Å². The van der Waals surface area contributed by atoms with Crippen LogP contribution in [0.5, 0.6) is 5.75 Å².